The van der Waals surface area contributed by atoms with Gasteiger partial charge < -0.3 is 15.6 Å². The van der Waals surface area contributed by atoms with E-state index < -0.39 is 9.84 Å². The molecule has 0 aliphatic carbocycles. The number of nitrogens with zero attached hydrogens (tertiary/aromatic N) is 1. The SMILES string of the molecule is NC1=CN=C(COc2cccc(O)c2)S1(=O)=O. The first-order valence-electron chi connectivity index (χ1n) is 4.69. The molecule has 0 aromatic heterocycles. The number of benzene rings is 1. The molecule has 90 valence electrons. The molecule has 6 nitrogen and oxygen atoms in total. The van der Waals surface area contributed by atoms with Gasteiger partial charge in [0.2, 0.25) is 9.84 Å². The molecule has 0 atom stereocenters. The molecule has 17 heavy (non-hydrogen) atoms. The molecule has 0 saturated carbocycles. The fourth-order valence-corrected chi connectivity index (χ4v) is 2.11. The van der Waals surface area contributed by atoms with Crippen LogP contribution in [0.5, 0.6) is 11.5 Å². The number of phenols is 1. The molecule has 0 amide bonds. The van der Waals surface area contributed by atoms with Gasteiger partial charge in [0.05, 0.1) is 6.20 Å². The first kappa shape index (κ1) is 11.5. The molecule has 0 fully saturated rings. The van der Waals surface area contributed by atoms with E-state index in [1.54, 1.807) is 12.1 Å². The molecule has 3 N–H and O–H groups in total. The lowest BCUT2D eigenvalue weighted by molar-refractivity contribution is 0.374. The molecule has 0 spiro atoms. The summed E-state index contributed by atoms with van der Waals surface area (Å²) in [4.78, 5) is 3.66. The highest BCUT2D eigenvalue weighted by Gasteiger charge is 2.27. The van der Waals surface area contributed by atoms with Gasteiger partial charge in [-0.25, -0.2) is 13.4 Å². The molecule has 0 bridgehead atoms. The van der Waals surface area contributed by atoms with E-state index in [0.29, 0.717) is 5.75 Å². The molecule has 1 heterocycles. The summed E-state index contributed by atoms with van der Waals surface area (Å²) in [6, 6.07) is 6.04. The van der Waals surface area contributed by atoms with Crippen molar-refractivity contribution >= 4 is 14.9 Å². The van der Waals surface area contributed by atoms with Crippen molar-refractivity contribution in [2.45, 2.75) is 0 Å². The first-order chi connectivity index (χ1) is 8.00. The van der Waals surface area contributed by atoms with Gasteiger partial charge in [0.25, 0.3) is 0 Å². The van der Waals surface area contributed by atoms with Gasteiger partial charge in [-0.05, 0) is 12.1 Å². The lowest BCUT2D eigenvalue weighted by Gasteiger charge is -2.06. The summed E-state index contributed by atoms with van der Waals surface area (Å²) < 4.78 is 28.3. The van der Waals surface area contributed by atoms with Crippen molar-refractivity contribution in [3.05, 3.63) is 35.5 Å². The zero-order chi connectivity index (χ0) is 12.5. The number of hydrogen-bond donors (Lipinski definition) is 2. The number of aliphatic imine (C=N–C) groups is 1. The smallest absolute Gasteiger partial charge is 0.239 e. The van der Waals surface area contributed by atoms with Gasteiger partial charge in [0, 0.05) is 6.07 Å². The Balaban J connectivity index is 2.07. The average Bonchev–Trinajstić information content (AvgIpc) is 2.52. The highest BCUT2D eigenvalue weighted by molar-refractivity contribution is 8.10. The van der Waals surface area contributed by atoms with Crippen LogP contribution in [-0.4, -0.2) is 25.2 Å². The minimum atomic E-state index is -3.64. The quantitative estimate of drug-likeness (QED) is 0.810. The van der Waals surface area contributed by atoms with E-state index >= 15 is 0 Å². The highest BCUT2D eigenvalue weighted by atomic mass is 32.2. The Hall–Kier alpha value is -2.02. The Morgan fingerprint density at radius 2 is 2.18 bits per heavy atom. The number of phenolic OH excluding ortho intramolecular Hbond substituents is 1. The first-order valence-corrected chi connectivity index (χ1v) is 6.18. The topological polar surface area (TPSA) is 102 Å². The number of rotatable bonds is 3. The zero-order valence-electron chi connectivity index (χ0n) is 8.70. The highest BCUT2D eigenvalue weighted by Crippen LogP contribution is 2.19. The van der Waals surface area contributed by atoms with Crippen molar-refractivity contribution in [2.75, 3.05) is 6.61 Å². The van der Waals surface area contributed by atoms with Crippen LogP contribution in [-0.2, 0) is 9.84 Å². The normalized spacial score (nSPS) is 17.4. The minimum Gasteiger partial charge on any atom is -0.508 e. The summed E-state index contributed by atoms with van der Waals surface area (Å²) in [5.41, 5.74) is 5.26. The zero-order valence-corrected chi connectivity index (χ0v) is 9.52. The Labute approximate surface area is 98.0 Å². The number of ether oxygens (including phenoxy) is 1. The predicted octanol–water partition coefficient (Wildman–Crippen LogP) is 0.356. The van der Waals surface area contributed by atoms with Crippen LogP contribution in [0, 0.1) is 0 Å². The summed E-state index contributed by atoms with van der Waals surface area (Å²) in [5, 5.41) is 8.77. The third kappa shape index (κ3) is 2.23. The van der Waals surface area contributed by atoms with E-state index in [4.69, 9.17) is 10.5 Å². The molecule has 2 rings (SSSR count). The maximum Gasteiger partial charge on any atom is 0.239 e. The van der Waals surface area contributed by atoms with E-state index in [2.05, 4.69) is 4.99 Å². The fraction of sp³-hybridized carbons (Fsp3) is 0.100. The summed E-state index contributed by atoms with van der Waals surface area (Å²) in [7, 11) is -3.64. The third-order valence-electron chi connectivity index (χ3n) is 2.14. The van der Waals surface area contributed by atoms with Crippen LogP contribution in [0.3, 0.4) is 0 Å². The average molecular weight is 254 g/mol. The summed E-state index contributed by atoms with van der Waals surface area (Å²) in [5.74, 6) is 0.393. The maximum atomic E-state index is 11.5. The molecule has 1 aliphatic heterocycles. The lowest BCUT2D eigenvalue weighted by Crippen LogP contribution is -2.23. The van der Waals surface area contributed by atoms with Crippen molar-refractivity contribution in [3.63, 3.8) is 0 Å². The van der Waals surface area contributed by atoms with E-state index in [1.807, 2.05) is 0 Å². The molecule has 7 heteroatoms. The number of aromatic hydroxyl groups is 1. The van der Waals surface area contributed by atoms with E-state index in [0.717, 1.165) is 6.20 Å². The molecule has 1 aromatic rings. The van der Waals surface area contributed by atoms with Gasteiger partial charge in [-0.3, -0.25) is 0 Å². The molecule has 1 aromatic carbocycles. The van der Waals surface area contributed by atoms with Crippen molar-refractivity contribution in [2.24, 2.45) is 10.7 Å². The molecule has 0 radical (unpaired) electrons. The van der Waals surface area contributed by atoms with Gasteiger partial charge in [-0.15, -0.1) is 0 Å². The molecular formula is C10H10N2O4S. The number of sulfone groups is 1. The van der Waals surface area contributed by atoms with Crippen LogP contribution in [0.2, 0.25) is 0 Å². The van der Waals surface area contributed by atoms with Crippen molar-refractivity contribution in [1.82, 2.24) is 0 Å². The fourth-order valence-electron chi connectivity index (χ4n) is 1.24. The van der Waals surface area contributed by atoms with Crippen LogP contribution in [0.15, 0.2) is 40.5 Å². The Bertz CT molecular complexity index is 604. The van der Waals surface area contributed by atoms with Crippen LogP contribution >= 0.6 is 0 Å². The number of hydrogen-bond acceptors (Lipinski definition) is 6. The third-order valence-corrected chi connectivity index (χ3v) is 3.71. The predicted molar refractivity (Wildman–Crippen MR) is 62.2 cm³/mol. The Morgan fingerprint density at radius 3 is 2.76 bits per heavy atom. The van der Waals surface area contributed by atoms with Crippen molar-refractivity contribution < 1.29 is 18.3 Å². The number of nitrogens with two attached hydrogens (primary N) is 1. The van der Waals surface area contributed by atoms with E-state index in [9.17, 15) is 13.5 Å². The van der Waals surface area contributed by atoms with Crippen LogP contribution < -0.4 is 10.5 Å². The lowest BCUT2D eigenvalue weighted by atomic mass is 10.3. The monoisotopic (exact) mass is 254 g/mol. The second-order valence-corrected chi connectivity index (χ2v) is 5.29. The van der Waals surface area contributed by atoms with E-state index in [-0.39, 0.29) is 22.4 Å². The maximum absolute atomic E-state index is 11.5. The Kier molecular flexibility index (Phi) is 2.76. The second kappa shape index (κ2) is 4.10. The summed E-state index contributed by atoms with van der Waals surface area (Å²) in [6.07, 6.45) is 1.08. The largest absolute Gasteiger partial charge is 0.508 e. The van der Waals surface area contributed by atoms with Crippen LogP contribution in [0.4, 0.5) is 0 Å². The summed E-state index contributed by atoms with van der Waals surface area (Å²) in [6.45, 7) is -0.219. The van der Waals surface area contributed by atoms with Gasteiger partial charge >= 0.3 is 0 Å². The molecule has 1 aliphatic rings. The Morgan fingerprint density at radius 1 is 1.41 bits per heavy atom. The van der Waals surface area contributed by atoms with Gasteiger partial charge in [-0.1, -0.05) is 6.07 Å². The van der Waals surface area contributed by atoms with Crippen molar-refractivity contribution in [1.29, 1.82) is 0 Å². The molecular weight excluding hydrogens is 244 g/mol. The molecule has 0 unspecified atom stereocenters. The van der Waals surface area contributed by atoms with Crippen LogP contribution in [0.1, 0.15) is 0 Å². The standard InChI is InChI=1S/C10H10N2O4S/c11-9-5-12-10(17(9,14)15)6-16-8-3-1-2-7(13)4-8/h1-5,13H,6,11H2. The van der Waals surface area contributed by atoms with Gasteiger partial charge in [0.1, 0.15) is 18.1 Å². The minimum absolute atomic E-state index is 0.0383. The van der Waals surface area contributed by atoms with E-state index in [1.165, 1.54) is 12.1 Å². The molecule has 0 saturated heterocycles. The van der Waals surface area contributed by atoms with Crippen LogP contribution in [0.25, 0.3) is 0 Å². The van der Waals surface area contributed by atoms with Crippen molar-refractivity contribution in [3.8, 4) is 11.5 Å². The summed E-state index contributed by atoms with van der Waals surface area (Å²) >= 11 is 0. The second-order valence-electron chi connectivity index (χ2n) is 3.34. The van der Waals surface area contributed by atoms with Gasteiger partial charge in [0.15, 0.2) is 10.1 Å². The van der Waals surface area contributed by atoms with Gasteiger partial charge in [-0.2, -0.15) is 0 Å².